The highest BCUT2D eigenvalue weighted by Crippen LogP contribution is 2.19. The Bertz CT molecular complexity index is 759. The molecule has 1 aliphatic rings. The summed E-state index contributed by atoms with van der Waals surface area (Å²) in [4.78, 5) is 2.24. The minimum absolute atomic E-state index is 0.622. The first-order chi connectivity index (χ1) is 11.6. The van der Waals surface area contributed by atoms with Crippen molar-refractivity contribution in [3.63, 3.8) is 0 Å². The third-order valence-electron chi connectivity index (χ3n) is 4.25. The van der Waals surface area contributed by atoms with E-state index in [0.29, 0.717) is 6.61 Å². The van der Waals surface area contributed by atoms with Crippen LogP contribution in [0.15, 0.2) is 58.9 Å². The number of allylic oxidation sites excluding steroid dienone is 1. The molecule has 0 amide bonds. The van der Waals surface area contributed by atoms with Gasteiger partial charge in [0.05, 0.1) is 6.61 Å². The first-order valence-electron chi connectivity index (χ1n) is 8.26. The summed E-state index contributed by atoms with van der Waals surface area (Å²) in [6.45, 7) is 6.33. The van der Waals surface area contributed by atoms with E-state index < -0.39 is 0 Å². The third-order valence-corrected chi connectivity index (χ3v) is 4.25. The highest BCUT2D eigenvalue weighted by atomic mass is 16.5. The molecule has 2 aromatic rings. The van der Waals surface area contributed by atoms with Crippen LogP contribution in [0.5, 0.6) is 0 Å². The first-order valence-corrected chi connectivity index (χ1v) is 8.26. The highest BCUT2D eigenvalue weighted by molar-refractivity contribution is 5.50. The van der Waals surface area contributed by atoms with Crippen LogP contribution < -0.4 is 5.73 Å². The predicted molar refractivity (Wildman–Crippen MR) is 96.3 cm³/mol. The molecule has 0 bridgehead atoms. The molecule has 0 fully saturated rings. The summed E-state index contributed by atoms with van der Waals surface area (Å²) in [6.07, 6.45) is 6.98. The Hall–Kier alpha value is -2.62. The van der Waals surface area contributed by atoms with E-state index in [2.05, 4.69) is 30.2 Å². The molecule has 0 saturated carbocycles. The molecule has 0 saturated heterocycles. The molecule has 24 heavy (non-hydrogen) atoms. The van der Waals surface area contributed by atoms with Crippen molar-refractivity contribution in [2.45, 2.75) is 26.8 Å². The maximum Gasteiger partial charge on any atom is 0.118 e. The predicted octanol–water partition coefficient (Wildman–Crippen LogP) is 3.95. The van der Waals surface area contributed by atoms with Gasteiger partial charge < -0.3 is 19.8 Å². The number of hydrogen-bond acceptors (Lipinski definition) is 4. The van der Waals surface area contributed by atoms with Crippen molar-refractivity contribution in [1.29, 1.82) is 0 Å². The second-order valence-corrected chi connectivity index (χ2v) is 6.09. The van der Waals surface area contributed by atoms with Gasteiger partial charge in [-0.3, -0.25) is 0 Å². The number of ether oxygens (including phenoxy) is 1. The van der Waals surface area contributed by atoms with Crippen LogP contribution in [0.25, 0.3) is 0 Å². The zero-order valence-corrected chi connectivity index (χ0v) is 14.3. The zero-order chi connectivity index (χ0) is 16.9. The Morgan fingerprint density at radius 1 is 1.21 bits per heavy atom. The van der Waals surface area contributed by atoms with Gasteiger partial charge >= 0.3 is 0 Å². The number of nitrogen functional groups attached to an aromatic ring is 1. The van der Waals surface area contributed by atoms with Gasteiger partial charge in [0.25, 0.3) is 0 Å². The van der Waals surface area contributed by atoms with Crippen molar-refractivity contribution in [2.24, 2.45) is 0 Å². The fourth-order valence-electron chi connectivity index (χ4n) is 2.72. The number of benzene rings is 1. The molecule has 2 N–H and O–H groups in total. The molecule has 0 spiro atoms. The first kappa shape index (κ1) is 16.2. The molecule has 0 atom stereocenters. The molecule has 2 heterocycles. The lowest BCUT2D eigenvalue weighted by Crippen LogP contribution is -2.20. The summed E-state index contributed by atoms with van der Waals surface area (Å²) in [5.74, 6) is 2.82. The lowest BCUT2D eigenvalue weighted by molar-refractivity contribution is 0.214. The quantitative estimate of drug-likeness (QED) is 0.817. The lowest BCUT2D eigenvalue weighted by atomic mass is 10.1. The Balaban J connectivity index is 1.47. The van der Waals surface area contributed by atoms with Gasteiger partial charge in [-0.15, -0.1) is 0 Å². The van der Waals surface area contributed by atoms with Crippen molar-refractivity contribution in [2.75, 3.05) is 18.9 Å². The van der Waals surface area contributed by atoms with E-state index in [0.717, 1.165) is 48.0 Å². The van der Waals surface area contributed by atoms with Crippen molar-refractivity contribution < 1.29 is 9.15 Å². The van der Waals surface area contributed by atoms with Gasteiger partial charge in [-0.2, -0.15) is 0 Å². The van der Waals surface area contributed by atoms with E-state index in [-0.39, 0.29) is 0 Å². The zero-order valence-electron chi connectivity index (χ0n) is 14.3. The SMILES string of the molecule is Cc1ccc(CCOC2=CCN(Cc3cccc(N)c3C)C=C2)o1. The maximum atomic E-state index is 5.98. The van der Waals surface area contributed by atoms with Gasteiger partial charge in [0.15, 0.2) is 0 Å². The van der Waals surface area contributed by atoms with Crippen LogP contribution in [0, 0.1) is 13.8 Å². The van der Waals surface area contributed by atoms with Gasteiger partial charge in [0.1, 0.15) is 17.3 Å². The van der Waals surface area contributed by atoms with Crippen molar-refractivity contribution in [1.82, 2.24) is 4.90 Å². The topological polar surface area (TPSA) is 51.6 Å². The van der Waals surface area contributed by atoms with Crippen LogP contribution in [0.1, 0.15) is 22.6 Å². The number of anilines is 1. The Labute approximate surface area is 143 Å². The number of nitrogens with zero attached hydrogens (tertiary/aromatic N) is 1. The summed E-state index contributed by atoms with van der Waals surface area (Å²) in [5.41, 5.74) is 9.24. The number of rotatable bonds is 6. The summed E-state index contributed by atoms with van der Waals surface area (Å²) in [6, 6.07) is 10.1. The second-order valence-electron chi connectivity index (χ2n) is 6.09. The average molecular weight is 324 g/mol. The molecule has 126 valence electrons. The Morgan fingerprint density at radius 2 is 2.08 bits per heavy atom. The van der Waals surface area contributed by atoms with Crippen LogP contribution in [0.4, 0.5) is 5.69 Å². The fraction of sp³-hybridized carbons (Fsp3) is 0.300. The minimum Gasteiger partial charge on any atom is -0.493 e. The molecule has 4 heteroatoms. The molecule has 0 aliphatic carbocycles. The van der Waals surface area contributed by atoms with Crippen molar-refractivity contribution >= 4 is 5.69 Å². The van der Waals surface area contributed by atoms with E-state index in [4.69, 9.17) is 14.9 Å². The van der Waals surface area contributed by atoms with Crippen molar-refractivity contribution in [3.05, 3.63) is 77.1 Å². The van der Waals surface area contributed by atoms with Crippen LogP contribution in [-0.4, -0.2) is 18.1 Å². The average Bonchev–Trinajstić information content (AvgIpc) is 2.99. The van der Waals surface area contributed by atoms with E-state index in [9.17, 15) is 0 Å². The molecular weight excluding hydrogens is 300 g/mol. The van der Waals surface area contributed by atoms with Crippen molar-refractivity contribution in [3.8, 4) is 0 Å². The minimum atomic E-state index is 0.622. The van der Waals surface area contributed by atoms with Crippen LogP contribution in [-0.2, 0) is 17.7 Å². The molecule has 0 unspecified atom stereocenters. The summed E-state index contributed by atoms with van der Waals surface area (Å²) in [5, 5.41) is 0. The Kier molecular flexibility index (Phi) is 4.94. The summed E-state index contributed by atoms with van der Waals surface area (Å²) in [7, 11) is 0. The molecule has 1 aliphatic heterocycles. The molecule has 1 aromatic carbocycles. The summed E-state index contributed by atoms with van der Waals surface area (Å²) < 4.78 is 11.3. The second kappa shape index (κ2) is 7.30. The number of aryl methyl sites for hydroxylation is 1. The largest absolute Gasteiger partial charge is 0.493 e. The number of hydrogen-bond donors (Lipinski definition) is 1. The monoisotopic (exact) mass is 324 g/mol. The number of nitrogens with two attached hydrogens (primary N) is 1. The van der Waals surface area contributed by atoms with Crippen LogP contribution in [0.2, 0.25) is 0 Å². The highest BCUT2D eigenvalue weighted by Gasteiger charge is 2.09. The van der Waals surface area contributed by atoms with E-state index in [1.54, 1.807) is 0 Å². The fourth-order valence-corrected chi connectivity index (χ4v) is 2.72. The van der Waals surface area contributed by atoms with Crippen LogP contribution >= 0.6 is 0 Å². The van der Waals surface area contributed by atoms with E-state index in [1.807, 2.05) is 37.3 Å². The lowest BCUT2D eigenvalue weighted by Gasteiger charge is -2.24. The molecule has 4 nitrogen and oxygen atoms in total. The van der Waals surface area contributed by atoms with Gasteiger partial charge in [0, 0.05) is 31.4 Å². The maximum absolute atomic E-state index is 5.98. The third kappa shape index (κ3) is 4.02. The Morgan fingerprint density at radius 3 is 2.79 bits per heavy atom. The standard InChI is InChI=1S/C20H24N2O2/c1-15-6-7-19(24-15)10-13-23-18-8-11-22(12-9-18)14-17-4-3-5-20(21)16(17)2/h3-9,11H,10,12-14,21H2,1-2H3. The van der Waals surface area contributed by atoms with Gasteiger partial charge in [-0.25, -0.2) is 0 Å². The van der Waals surface area contributed by atoms with Crippen LogP contribution in [0.3, 0.4) is 0 Å². The molecule has 3 rings (SSSR count). The van der Waals surface area contributed by atoms with E-state index >= 15 is 0 Å². The van der Waals surface area contributed by atoms with Gasteiger partial charge in [0.2, 0.25) is 0 Å². The van der Waals surface area contributed by atoms with E-state index in [1.165, 1.54) is 5.56 Å². The van der Waals surface area contributed by atoms with Gasteiger partial charge in [-0.05, 0) is 55.3 Å². The normalized spacial score (nSPS) is 13.9. The molecule has 0 radical (unpaired) electrons. The van der Waals surface area contributed by atoms with Gasteiger partial charge in [-0.1, -0.05) is 12.1 Å². The smallest absolute Gasteiger partial charge is 0.118 e. The molecular formula is C20H24N2O2. The number of furan rings is 1. The molecule has 1 aromatic heterocycles. The summed E-state index contributed by atoms with van der Waals surface area (Å²) >= 11 is 0.